The zero-order valence-electron chi connectivity index (χ0n) is 11.5. The Bertz CT molecular complexity index is 754. The van der Waals surface area contributed by atoms with Crippen LogP contribution in [0.1, 0.15) is 19.5 Å². The molecule has 0 bridgehead atoms. The lowest BCUT2D eigenvalue weighted by molar-refractivity contribution is 0.0717. The zero-order chi connectivity index (χ0) is 14.3. The van der Waals surface area contributed by atoms with Crippen molar-refractivity contribution in [1.82, 2.24) is 4.57 Å². The van der Waals surface area contributed by atoms with E-state index in [1.807, 2.05) is 56.3 Å². The maximum absolute atomic E-state index is 10.6. The van der Waals surface area contributed by atoms with Crippen molar-refractivity contribution in [1.29, 1.82) is 0 Å². The first-order valence-electron chi connectivity index (χ1n) is 6.57. The Labute approximate surface area is 126 Å². The van der Waals surface area contributed by atoms with E-state index in [-0.39, 0.29) is 0 Å². The molecule has 3 heteroatoms. The van der Waals surface area contributed by atoms with Crippen LogP contribution >= 0.6 is 15.9 Å². The van der Waals surface area contributed by atoms with Gasteiger partial charge in [-0.25, -0.2) is 0 Å². The van der Waals surface area contributed by atoms with Crippen LogP contribution < -0.4 is 0 Å². The van der Waals surface area contributed by atoms with Crippen molar-refractivity contribution >= 4 is 26.8 Å². The number of nitrogens with zero attached hydrogens (tertiary/aromatic N) is 1. The lowest BCUT2D eigenvalue weighted by Crippen LogP contribution is -2.20. The van der Waals surface area contributed by atoms with Crippen LogP contribution in [0.15, 0.2) is 59.1 Å². The molecule has 0 aliphatic heterocycles. The molecular formula is C17H16BrNO. The molecule has 2 nitrogen and oxygen atoms in total. The van der Waals surface area contributed by atoms with Gasteiger partial charge in [0.15, 0.2) is 0 Å². The molecule has 0 saturated heterocycles. The standard InChI is InChI=1S/C17H16BrNO/c1-17(2,20)16-15(18)13-10-6-7-11-14(13)19(16)12-8-4-3-5-9-12/h3-11,20H,1-2H3. The molecule has 0 aliphatic rings. The van der Waals surface area contributed by atoms with Crippen LogP contribution in [0.3, 0.4) is 0 Å². The monoisotopic (exact) mass is 329 g/mol. The smallest absolute Gasteiger partial charge is 0.100 e. The lowest BCUT2D eigenvalue weighted by Gasteiger charge is -2.22. The Morgan fingerprint density at radius 3 is 2.20 bits per heavy atom. The second kappa shape index (κ2) is 4.76. The molecule has 0 saturated carbocycles. The molecule has 0 spiro atoms. The second-order valence-electron chi connectivity index (χ2n) is 5.41. The van der Waals surface area contributed by atoms with Gasteiger partial charge in [0.05, 0.1) is 11.2 Å². The van der Waals surface area contributed by atoms with Crippen molar-refractivity contribution in [3.05, 3.63) is 64.8 Å². The van der Waals surface area contributed by atoms with E-state index in [4.69, 9.17) is 0 Å². The van der Waals surface area contributed by atoms with Gasteiger partial charge in [0.2, 0.25) is 0 Å². The molecule has 3 aromatic rings. The molecule has 102 valence electrons. The number of benzene rings is 2. The van der Waals surface area contributed by atoms with E-state index >= 15 is 0 Å². The highest BCUT2D eigenvalue weighted by Crippen LogP contribution is 2.38. The summed E-state index contributed by atoms with van der Waals surface area (Å²) in [6, 6.07) is 18.3. The van der Waals surface area contributed by atoms with Crippen LogP contribution in [0, 0.1) is 0 Å². The summed E-state index contributed by atoms with van der Waals surface area (Å²) in [5.74, 6) is 0. The molecule has 2 aromatic carbocycles. The predicted octanol–water partition coefficient (Wildman–Crippen LogP) is 4.62. The van der Waals surface area contributed by atoms with E-state index in [0.29, 0.717) is 0 Å². The third-order valence-electron chi connectivity index (χ3n) is 3.41. The molecule has 1 heterocycles. The Hall–Kier alpha value is -1.58. The highest BCUT2D eigenvalue weighted by atomic mass is 79.9. The van der Waals surface area contributed by atoms with Gasteiger partial charge in [-0.05, 0) is 48.0 Å². The van der Waals surface area contributed by atoms with Crippen molar-refractivity contribution < 1.29 is 5.11 Å². The summed E-state index contributed by atoms with van der Waals surface area (Å²) in [6.07, 6.45) is 0. The number of hydrogen-bond donors (Lipinski definition) is 1. The van der Waals surface area contributed by atoms with E-state index in [1.54, 1.807) is 0 Å². The van der Waals surface area contributed by atoms with Gasteiger partial charge in [0, 0.05) is 15.5 Å². The van der Waals surface area contributed by atoms with E-state index < -0.39 is 5.60 Å². The minimum absolute atomic E-state index is 0.866. The number of rotatable bonds is 2. The van der Waals surface area contributed by atoms with E-state index in [1.165, 1.54) is 0 Å². The molecule has 0 aliphatic carbocycles. The number of halogens is 1. The molecule has 20 heavy (non-hydrogen) atoms. The van der Waals surface area contributed by atoms with Crippen LogP contribution in [0.5, 0.6) is 0 Å². The summed E-state index contributed by atoms with van der Waals surface area (Å²) < 4.78 is 3.06. The first-order chi connectivity index (χ1) is 9.50. The zero-order valence-corrected chi connectivity index (χ0v) is 13.1. The molecule has 3 rings (SSSR count). The maximum atomic E-state index is 10.6. The fraction of sp³-hybridized carbons (Fsp3) is 0.176. The van der Waals surface area contributed by atoms with Crippen LogP contribution in [-0.4, -0.2) is 9.67 Å². The van der Waals surface area contributed by atoms with Gasteiger partial charge in [0.1, 0.15) is 5.60 Å². The van der Waals surface area contributed by atoms with E-state index in [0.717, 1.165) is 26.8 Å². The predicted molar refractivity (Wildman–Crippen MR) is 86.2 cm³/mol. The summed E-state index contributed by atoms with van der Waals surface area (Å²) in [4.78, 5) is 0. The highest BCUT2D eigenvalue weighted by Gasteiger charge is 2.27. The minimum Gasteiger partial charge on any atom is -0.384 e. The summed E-state index contributed by atoms with van der Waals surface area (Å²) in [5.41, 5.74) is 2.06. The number of para-hydroxylation sites is 2. The number of aromatic nitrogens is 1. The summed E-state index contributed by atoms with van der Waals surface area (Å²) >= 11 is 3.65. The number of fused-ring (bicyclic) bond motifs is 1. The molecule has 0 unspecified atom stereocenters. The Morgan fingerprint density at radius 2 is 1.55 bits per heavy atom. The van der Waals surface area contributed by atoms with Crippen molar-refractivity contribution in [2.24, 2.45) is 0 Å². The molecule has 0 fully saturated rings. The second-order valence-corrected chi connectivity index (χ2v) is 6.20. The van der Waals surface area contributed by atoms with E-state index in [9.17, 15) is 5.11 Å². The quantitative estimate of drug-likeness (QED) is 0.729. The molecule has 0 amide bonds. The average Bonchev–Trinajstić information content (AvgIpc) is 2.74. The van der Waals surface area contributed by atoms with Gasteiger partial charge in [-0.2, -0.15) is 0 Å². The van der Waals surface area contributed by atoms with Crippen molar-refractivity contribution in [2.45, 2.75) is 19.4 Å². The highest BCUT2D eigenvalue weighted by molar-refractivity contribution is 9.10. The number of hydrogen-bond acceptors (Lipinski definition) is 1. The Kier molecular flexibility index (Phi) is 3.19. The lowest BCUT2D eigenvalue weighted by atomic mass is 10.1. The first-order valence-corrected chi connectivity index (χ1v) is 7.36. The molecule has 0 radical (unpaired) electrons. The van der Waals surface area contributed by atoms with E-state index in [2.05, 4.69) is 32.6 Å². The number of aliphatic hydroxyl groups is 1. The minimum atomic E-state index is -0.937. The largest absolute Gasteiger partial charge is 0.384 e. The summed E-state index contributed by atoms with van der Waals surface area (Å²) in [7, 11) is 0. The Balaban J connectivity index is 2.46. The third kappa shape index (κ3) is 2.07. The van der Waals surface area contributed by atoms with Crippen LogP contribution in [-0.2, 0) is 5.60 Å². The Morgan fingerprint density at radius 1 is 0.950 bits per heavy atom. The van der Waals surface area contributed by atoms with Gasteiger partial charge in [-0.1, -0.05) is 36.4 Å². The third-order valence-corrected chi connectivity index (χ3v) is 4.21. The molecule has 0 atom stereocenters. The summed E-state index contributed by atoms with van der Waals surface area (Å²) in [5, 5.41) is 11.7. The fourth-order valence-electron chi connectivity index (χ4n) is 2.59. The fourth-order valence-corrected chi connectivity index (χ4v) is 3.59. The average molecular weight is 330 g/mol. The van der Waals surface area contributed by atoms with Crippen LogP contribution in [0.25, 0.3) is 16.6 Å². The maximum Gasteiger partial charge on any atom is 0.100 e. The van der Waals surface area contributed by atoms with Gasteiger partial charge in [0.25, 0.3) is 0 Å². The molecule has 1 aromatic heterocycles. The normalized spacial score (nSPS) is 12.0. The van der Waals surface area contributed by atoms with Gasteiger partial charge in [-0.3, -0.25) is 0 Å². The van der Waals surface area contributed by atoms with Crippen molar-refractivity contribution in [2.75, 3.05) is 0 Å². The van der Waals surface area contributed by atoms with Crippen molar-refractivity contribution in [3.63, 3.8) is 0 Å². The van der Waals surface area contributed by atoms with Gasteiger partial charge >= 0.3 is 0 Å². The SMILES string of the molecule is CC(C)(O)c1c(Br)c2ccccc2n1-c1ccccc1. The molecule has 1 N–H and O–H groups in total. The van der Waals surface area contributed by atoms with Gasteiger partial charge < -0.3 is 9.67 Å². The van der Waals surface area contributed by atoms with Gasteiger partial charge in [-0.15, -0.1) is 0 Å². The van der Waals surface area contributed by atoms with Crippen LogP contribution in [0.2, 0.25) is 0 Å². The summed E-state index contributed by atoms with van der Waals surface area (Å²) in [6.45, 7) is 3.62. The topological polar surface area (TPSA) is 25.2 Å². The van der Waals surface area contributed by atoms with Crippen molar-refractivity contribution in [3.8, 4) is 5.69 Å². The van der Waals surface area contributed by atoms with Crippen LogP contribution in [0.4, 0.5) is 0 Å². The molecular weight excluding hydrogens is 314 g/mol. The first kappa shape index (κ1) is 13.4.